The lowest BCUT2D eigenvalue weighted by Crippen LogP contribution is -2.06. The summed E-state index contributed by atoms with van der Waals surface area (Å²) < 4.78 is 13.4. The summed E-state index contributed by atoms with van der Waals surface area (Å²) in [5.74, 6) is 0.506. The van der Waals surface area contributed by atoms with Gasteiger partial charge in [0.2, 0.25) is 0 Å². The quantitative estimate of drug-likeness (QED) is 0.364. The molecule has 2 aromatic rings. The van der Waals surface area contributed by atoms with E-state index in [2.05, 4.69) is 26.1 Å². The summed E-state index contributed by atoms with van der Waals surface area (Å²) in [6, 6.07) is 14.8. The Morgan fingerprint density at radius 2 is 2.00 bits per heavy atom. The maximum Gasteiger partial charge on any atom is 0.180 e. The average Bonchev–Trinajstić information content (AvgIpc) is 2.55. The van der Waals surface area contributed by atoms with Crippen molar-refractivity contribution in [3.05, 3.63) is 71.0 Å². The topological polar surface area (TPSA) is 50.7 Å². The van der Waals surface area contributed by atoms with Crippen LogP contribution in [0.3, 0.4) is 0 Å². The highest BCUT2D eigenvalue weighted by atomic mass is 79.9. The van der Waals surface area contributed by atoms with E-state index in [-0.39, 0.29) is 5.82 Å². The Hall–Kier alpha value is -1.66. The molecule has 114 valence electrons. The van der Waals surface area contributed by atoms with Crippen LogP contribution in [0, 0.1) is 5.82 Å². The third kappa shape index (κ3) is 5.27. The molecular weight excluding hydrogens is 365 g/mol. The number of rotatable bonds is 5. The van der Waals surface area contributed by atoms with E-state index < -0.39 is 0 Å². The minimum absolute atomic E-state index is 0.240. The summed E-state index contributed by atoms with van der Waals surface area (Å²) >= 11 is 4.66. The first kappa shape index (κ1) is 16.7. The van der Waals surface area contributed by atoms with Crippen LogP contribution in [0.1, 0.15) is 16.7 Å². The molecule has 0 saturated heterocycles. The number of halogens is 2. The third-order valence-corrected chi connectivity index (χ3v) is 4.27. The molecular formula is C16H15BrFN3S. The van der Waals surface area contributed by atoms with Gasteiger partial charge in [0.25, 0.3) is 0 Å². The van der Waals surface area contributed by atoms with Gasteiger partial charge in [-0.05, 0) is 28.8 Å². The Labute approximate surface area is 141 Å². The van der Waals surface area contributed by atoms with Crippen LogP contribution in [0.2, 0.25) is 0 Å². The van der Waals surface area contributed by atoms with E-state index >= 15 is 0 Å². The van der Waals surface area contributed by atoms with Gasteiger partial charge < -0.3 is 5.73 Å². The fraction of sp³-hybridized carbons (Fsp3) is 0.125. The lowest BCUT2D eigenvalue weighted by atomic mass is 10.1. The summed E-state index contributed by atoms with van der Waals surface area (Å²) in [6.45, 7) is 0. The molecule has 0 saturated carbocycles. The van der Waals surface area contributed by atoms with E-state index in [1.54, 1.807) is 18.3 Å². The lowest BCUT2D eigenvalue weighted by Gasteiger charge is -2.00. The second kappa shape index (κ2) is 8.70. The molecule has 6 heteroatoms. The normalized spacial score (nSPS) is 12.0. The molecule has 0 aliphatic heterocycles. The van der Waals surface area contributed by atoms with Crippen molar-refractivity contribution in [1.29, 1.82) is 0 Å². The van der Waals surface area contributed by atoms with E-state index in [0.29, 0.717) is 16.1 Å². The van der Waals surface area contributed by atoms with Gasteiger partial charge in [0.05, 0.1) is 6.21 Å². The van der Waals surface area contributed by atoms with Crippen molar-refractivity contribution in [3.63, 3.8) is 0 Å². The molecule has 3 nitrogen and oxygen atoms in total. The van der Waals surface area contributed by atoms with Crippen molar-refractivity contribution in [1.82, 2.24) is 0 Å². The molecule has 2 aromatic carbocycles. The number of benzene rings is 2. The largest absolute Gasteiger partial charge is 0.377 e. The molecule has 0 aliphatic rings. The lowest BCUT2D eigenvalue weighted by molar-refractivity contribution is 0.617. The minimum Gasteiger partial charge on any atom is -0.377 e. The highest BCUT2D eigenvalue weighted by Crippen LogP contribution is 2.13. The highest BCUT2D eigenvalue weighted by Gasteiger charge is 2.00. The number of hydrogen-bond donors (Lipinski definition) is 1. The van der Waals surface area contributed by atoms with Crippen LogP contribution >= 0.6 is 27.7 Å². The zero-order valence-corrected chi connectivity index (χ0v) is 14.1. The zero-order chi connectivity index (χ0) is 15.8. The van der Waals surface area contributed by atoms with Crippen molar-refractivity contribution in [2.24, 2.45) is 15.9 Å². The van der Waals surface area contributed by atoms with Crippen LogP contribution in [0.15, 0.2) is 58.7 Å². The Kier molecular flexibility index (Phi) is 6.61. The van der Waals surface area contributed by atoms with Crippen molar-refractivity contribution >= 4 is 39.1 Å². The van der Waals surface area contributed by atoms with Gasteiger partial charge in [-0.1, -0.05) is 64.1 Å². The number of nitrogens with zero attached hydrogens (tertiary/aromatic N) is 2. The molecule has 0 unspecified atom stereocenters. The fourth-order valence-electron chi connectivity index (χ4n) is 1.69. The molecule has 0 aromatic heterocycles. The molecule has 0 aliphatic carbocycles. The molecule has 0 fully saturated rings. The third-order valence-electron chi connectivity index (χ3n) is 2.81. The van der Waals surface area contributed by atoms with E-state index in [1.807, 2.05) is 30.3 Å². The van der Waals surface area contributed by atoms with Crippen LogP contribution in [-0.2, 0) is 11.1 Å². The Morgan fingerprint density at radius 1 is 1.23 bits per heavy atom. The SMILES string of the molecule is NC(=NN=Cc1ccc(F)c(CBr)c1)SCc1ccccc1. The van der Waals surface area contributed by atoms with Gasteiger partial charge >= 0.3 is 0 Å². The van der Waals surface area contributed by atoms with Crippen molar-refractivity contribution in [3.8, 4) is 0 Å². The highest BCUT2D eigenvalue weighted by molar-refractivity contribution is 9.08. The van der Waals surface area contributed by atoms with Gasteiger partial charge in [-0.2, -0.15) is 5.10 Å². The maximum absolute atomic E-state index is 13.4. The minimum atomic E-state index is -0.240. The van der Waals surface area contributed by atoms with Crippen LogP contribution in [0.25, 0.3) is 0 Å². The Bertz CT molecular complexity index is 674. The predicted molar refractivity (Wildman–Crippen MR) is 96.0 cm³/mol. The molecule has 0 radical (unpaired) electrons. The molecule has 0 heterocycles. The van der Waals surface area contributed by atoms with Gasteiger partial charge in [-0.15, -0.1) is 5.10 Å². The van der Waals surface area contributed by atoms with Crippen LogP contribution in [0.5, 0.6) is 0 Å². The number of amidine groups is 1. The maximum atomic E-state index is 13.4. The van der Waals surface area contributed by atoms with Crippen molar-refractivity contribution in [2.45, 2.75) is 11.1 Å². The summed E-state index contributed by atoms with van der Waals surface area (Å²) in [6.07, 6.45) is 1.56. The van der Waals surface area contributed by atoms with Gasteiger partial charge in [-0.3, -0.25) is 0 Å². The molecule has 2 rings (SSSR count). The van der Waals surface area contributed by atoms with E-state index in [1.165, 1.54) is 23.4 Å². The summed E-state index contributed by atoms with van der Waals surface area (Å²) in [4.78, 5) is 0. The molecule has 0 amide bonds. The average molecular weight is 380 g/mol. The first-order valence-electron chi connectivity index (χ1n) is 6.56. The molecule has 0 bridgehead atoms. The van der Waals surface area contributed by atoms with Crippen molar-refractivity contribution in [2.75, 3.05) is 0 Å². The second-order valence-electron chi connectivity index (χ2n) is 4.44. The first-order chi connectivity index (χ1) is 10.7. The van der Waals surface area contributed by atoms with Crippen LogP contribution in [-0.4, -0.2) is 11.4 Å². The van der Waals surface area contributed by atoms with Gasteiger partial charge in [0, 0.05) is 11.1 Å². The zero-order valence-electron chi connectivity index (χ0n) is 11.7. The number of nitrogens with two attached hydrogens (primary N) is 1. The van der Waals surface area contributed by atoms with E-state index in [0.717, 1.165) is 11.3 Å². The van der Waals surface area contributed by atoms with Gasteiger partial charge in [-0.25, -0.2) is 4.39 Å². The fourth-order valence-corrected chi connectivity index (χ4v) is 2.73. The van der Waals surface area contributed by atoms with Crippen molar-refractivity contribution < 1.29 is 4.39 Å². The summed E-state index contributed by atoms with van der Waals surface area (Å²) in [7, 11) is 0. The molecule has 2 N–H and O–H groups in total. The van der Waals surface area contributed by atoms with Gasteiger partial charge in [0.15, 0.2) is 5.17 Å². The second-order valence-corrected chi connectivity index (χ2v) is 6.00. The summed E-state index contributed by atoms with van der Waals surface area (Å²) in [5, 5.41) is 8.72. The smallest absolute Gasteiger partial charge is 0.180 e. The molecule has 0 spiro atoms. The Morgan fingerprint density at radius 3 is 2.73 bits per heavy atom. The Balaban J connectivity index is 1.92. The van der Waals surface area contributed by atoms with E-state index in [9.17, 15) is 4.39 Å². The van der Waals surface area contributed by atoms with E-state index in [4.69, 9.17) is 5.73 Å². The standard InChI is InChI=1S/C16H15BrFN3S/c17-9-14-8-13(6-7-15(14)18)10-20-21-16(19)22-11-12-4-2-1-3-5-12/h1-8,10H,9,11H2,(H2,19,21). The van der Waals surface area contributed by atoms with Crippen LogP contribution < -0.4 is 5.73 Å². The number of thioether (sulfide) groups is 1. The van der Waals surface area contributed by atoms with Crippen LogP contribution in [0.4, 0.5) is 4.39 Å². The number of alkyl halides is 1. The first-order valence-corrected chi connectivity index (χ1v) is 8.67. The number of hydrogen-bond acceptors (Lipinski definition) is 3. The predicted octanol–water partition coefficient (Wildman–Crippen LogP) is 4.30. The molecule has 0 atom stereocenters. The van der Waals surface area contributed by atoms with Gasteiger partial charge in [0.1, 0.15) is 5.82 Å². The molecule has 22 heavy (non-hydrogen) atoms. The monoisotopic (exact) mass is 379 g/mol. The summed E-state index contributed by atoms with van der Waals surface area (Å²) in [5.41, 5.74) is 8.33.